The fourth-order valence-corrected chi connectivity index (χ4v) is 2.17. The van der Waals surface area contributed by atoms with Crippen LogP contribution in [-0.4, -0.2) is 14.9 Å². The third kappa shape index (κ3) is 3.00. The van der Waals surface area contributed by atoms with Gasteiger partial charge in [-0.1, -0.05) is 30.3 Å². The van der Waals surface area contributed by atoms with Crippen LogP contribution in [-0.2, 0) is 6.42 Å². The monoisotopic (exact) mass is 277 g/mol. The van der Waals surface area contributed by atoms with Gasteiger partial charge < -0.3 is 5.11 Å². The Morgan fingerprint density at radius 1 is 1.00 bits per heavy atom. The quantitative estimate of drug-likeness (QED) is 0.773. The number of hydrogen-bond acceptors (Lipinski definition) is 3. The number of phenolic OH excluding ortho intramolecular Hbond substituents is 1. The van der Waals surface area contributed by atoms with Gasteiger partial charge in [-0.2, -0.15) is 5.10 Å². The van der Waals surface area contributed by atoms with E-state index in [0.29, 0.717) is 17.5 Å². The Bertz CT molecular complexity index is 810. The Kier molecular flexibility index (Phi) is 3.51. The lowest BCUT2D eigenvalue weighted by Gasteiger charge is -2.08. The molecule has 2 aromatic carbocycles. The summed E-state index contributed by atoms with van der Waals surface area (Å²) >= 11 is 0. The molecule has 1 aromatic heterocycles. The maximum Gasteiger partial charge on any atom is 0.115 e. The molecular formula is C17H15N3O. The van der Waals surface area contributed by atoms with E-state index in [-0.39, 0.29) is 5.75 Å². The Balaban J connectivity index is 1.97. The third-order valence-electron chi connectivity index (χ3n) is 3.22. The Morgan fingerprint density at radius 2 is 1.81 bits per heavy atom. The number of aromatic nitrogens is 2. The fourth-order valence-electron chi connectivity index (χ4n) is 2.17. The SMILES string of the molecule is N=c1ccn(-c2ccccc2)nc1Cc1cccc(O)c1. The topological polar surface area (TPSA) is 61.9 Å². The van der Waals surface area contributed by atoms with Gasteiger partial charge >= 0.3 is 0 Å². The third-order valence-corrected chi connectivity index (χ3v) is 3.22. The van der Waals surface area contributed by atoms with Gasteiger partial charge in [-0.25, -0.2) is 4.68 Å². The minimum Gasteiger partial charge on any atom is -0.508 e. The fraction of sp³-hybridized carbons (Fsp3) is 0.0588. The van der Waals surface area contributed by atoms with Crippen molar-refractivity contribution in [2.45, 2.75) is 6.42 Å². The van der Waals surface area contributed by atoms with Gasteiger partial charge in [0.25, 0.3) is 0 Å². The van der Waals surface area contributed by atoms with Gasteiger partial charge in [-0.3, -0.25) is 5.41 Å². The summed E-state index contributed by atoms with van der Waals surface area (Å²) < 4.78 is 1.76. The van der Waals surface area contributed by atoms with Crippen LogP contribution in [0.15, 0.2) is 66.9 Å². The molecule has 3 aromatic rings. The van der Waals surface area contributed by atoms with Crippen molar-refractivity contribution in [1.82, 2.24) is 9.78 Å². The summed E-state index contributed by atoms with van der Waals surface area (Å²) in [7, 11) is 0. The number of nitrogens with one attached hydrogen (secondary N) is 1. The summed E-state index contributed by atoms with van der Waals surface area (Å²) in [4.78, 5) is 0. The second kappa shape index (κ2) is 5.63. The van der Waals surface area contributed by atoms with E-state index in [1.807, 2.05) is 36.4 Å². The first-order valence-corrected chi connectivity index (χ1v) is 6.69. The van der Waals surface area contributed by atoms with Crippen LogP contribution in [0.3, 0.4) is 0 Å². The molecule has 0 radical (unpaired) electrons. The zero-order valence-corrected chi connectivity index (χ0v) is 11.4. The lowest BCUT2D eigenvalue weighted by molar-refractivity contribution is 0.474. The first-order chi connectivity index (χ1) is 10.2. The number of aromatic hydroxyl groups is 1. The smallest absolute Gasteiger partial charge is 0.115 e. The molecule has 21 heavy (non-hydrogen) atoms. The highest BCUT2D eigenvalue weighted by Crippen LogP contribution is 2.13. The van der Waals surface area contributed by atoms with Crippen molar-refractivity contribution in [3.63, 3.8) is 0 Å². The molecule has 0 unspecified atom stereocenters. The van der Waals surface area contributed by atoms with Crippen molar-refractivity contribution in [2.75, 3.05) is 0 Å². The highest BCUT2D eigenvalue weighted by atomic mass is 16.3. The van der Waals surface area contributed by atoms with E-state index in [4.69, 9.17) is 5.41 Å². The summed E-state index contributed by atoms with van der Waals surface area (Å²) in [5.74, 6) is 0.228. The molecular weight excluding hydrogens is 262 g/mol. The number of nitrogens with zero attached hydrogens (tertiary/aromatic N) is 2. The largest absolute Gasteiger partial charge is 0.508 e. The number of phenols is 1. The van der Waals surface area contributed by atoms with E-state index in [1.165, 1.54) is 0 Å². The minimum atomic E-state index is 0.228. The highest BCUT2D eigenvalue weighted by molar-refractivity contribution is 5.32. The standard InChI is InChI=1S/C17H15N3O/c18-16-9-10-20(14-6-2-1-3-7-14)19-17(16)12-13-5-4-8-15(21)11-13/h1-11,18,21H,12H2. The van der Waals surface area contributed by atoms with Crippen molar-refractivity contribution >= 4 is 0 Å². The highest BCUT2D eigenvalue weighted by Gasteiger charge is 2.04. The lowest BCUT2D eigenvalue weighted by Crippen LogP contribution is -2.16. The number of benzene rings is 2. The number of rotatable bonds is 3. The van der Waals surface area contributed by atoms with E-state index in [2.05, 4.69) is 5.10 Å². The van der Waals surface area contributed by atoms with Crippen molar-refractivity contribution in [2.24, 2.45) is 0 Å². The molecule has 1 heterocycles. The summed E-state index contributed by atoms with van der Waals surface area (Å²) in [5.41, 5.74) is 2.56. The molecule has 4 nitrogen and oxygen atoms in total. The van der Waals surface area contributed by atoms with Crippen LogP contribution in [0.5, 0.6) is 5.75 Å². The Labute approximate surface area is 122 Å². The molecule has 0 atom stereocenters. The predicted octanol–water partition coefficient (Wildman–Crippen LogP) is 2.65. The molecule has 2 N–H and O–H groups in total. The van der Waals surface area contributed by atoms with Gasteiger partial charge in [0.05, 0.1) is 16.7 Å². The van der Waals surface area contributed by atoms with Crippen LogP contribution in [0.1, 0.15) is 11.3 Å². The Morgan fingerprint density at radius 3 is 2.57 bits per heavy atom. The molecule has 0 aliphatic carbocycles. The zero-order valence-electron chi connectivity index (χ0n) is 11.4. The normalized spacial score (nSPS) is 10.5. The van der Waals surface area contributed by atoms with Crippen LogP contribution in [0, 0.1) is 5.41 Å². The van der Waals surface area contributed by atoms with Crippen LogP contribution >= 0.6 is 0 Å². The molecule has 104 valence electrons. The summed E-state index contributed by atoms with van der Waals surface area (Å²) in [6, 6.07) is 18.6. The van der Waals surface area contributed by atoms with Gasteiger partial charge in [-0.15, -0.1) is 0 Å². The van der Waals surface area contributed by atoms with Crippen LogP contribution < -0.4 is 5.36 Å². The van der Waals surface area contributed by atoms with Crippen LogP contribution in [0.4, 0.5) is 0 Å². The first-order valence-electron chi connectivity index (χ1n) is 6.69. The molecule has 0 saturated heterocycles. The maximum absolute atomic E-state index is 9.52. The van der Waals surface area contributed by atoms with E-state index in [0.717, 1.165) is 11.3 Å². The Hall–Kier alpha value is -2.88. The second-order valence-electron chi connectivity index (χ2n) is 4.80. The van der Waals surface area contributed by atoms with E-state index in [1.54, 1.807) is 35.1 Å². The number of hydrogen-bond donors (Lipinski definition) is 2. The molecule has 0 spiro atoms. The molecule has 0 aliphatic heterocycles. The van der Waals surface area contributed by atoms with Gasteiger partial charge in [0.2, 0.25) is 0 Å². The summed E-state index contributed by atoms with van der Waals surface area (Å²) in [5, 5.41) is 22.4. The molecule has 3 rings (SSSR count). The van der Waals surface area contributed by atoms with Crippen molar-refractivity contribution < 1.29 is 5.11 Å². The minimum absolute atomic E-state index is 0.228. The molecule has 0 amide bonds. The lowest BCUT2D eigenvalue weighted by atomic mass is 10.1. The van der Waals surface area contributed by atoms with E-state index < -0.39 is 0 Å². The van der Waals surface area contributed by atoms with Crippen LogP contribution in [0.2, 0.25) is 0 Å². The number of para-hydroxylation sites is 1. The zero-order chi connectivity index (χ0) is 14.7. The van der Waals surface area contributed by atoms with Crippen molar-refractivity contribution in [3.8, 4) is 11.4 Å². The molecule has 0 fully saturated rings. The molecule has 0 bridgehead atoms. The van der Waals surface area contributed by atoms with Crippen LogP contribution in [0.25, 0.3) is 5.69 Å². The molecule has 4 heteroatoms. The first kappa shape index (κ1) is 13.1. The average molecular weight is 277 g/mol. The van der Waals surface area contributed by atoms with Crippen molar-refractivity contribution in [3.05, 3.63) is 83.5 Å². The predicted molar refractivity (Wildman–Crippen MR) is 80.3 cm³/mol. The second-order valence-corrected chi connectivity index (χ2v) is 4.80. The van der Waals surface area contributed by atoms with E-state index >= 15 is 0 Å². The van der Waals surface area contributed by atoms with E-state index in [9.17, 15) is 5.11 Å². The van der Waals surface area contributed by atoms with Gasteiger partial charge in [0, 0.05) is 12.6 Å². The van der Waals surface area contributed by atoms with Gasteiger partial charge in [0.15, 0.2) is 0 Å². The molecule has 0 saturated carbocycles. The van der Waals surface area contributed by atoms with Gasteiger partial charge in [0.1, 0.15) is 5.75 Å². The van der Waals surface area contributed by atoms with Crippen molar-refractivity contribution in [1.29, 1.82) is 5.41 Å². The average Bonchev–Trinajstić information content (AvgIpc) is 2.50. The summed E-state index contributed by atoms with van der Waals surface area (Å²) in [6.07, 6.45) is 2.30. The van der Waals surface area contributed by atoms with Gasteiger partial charge in [-0.05, 0) is 35.9 Å². The maximum atomic E-state index is 9.52. The molecule has 0 aliphatic rings. The summed E-state index contributed by atoms with van der Waals surface area (Å²) in [6.45, 7) is 0.